The van der Waals surface area contributed by atoms with Crippen LogP contribution in [0.3, 0.4) is 0 Å². The number of nitrogens with one attached hydrogen (secondary N) is 1. The van der Waals surface area contributed by atoms with Gasteiger partial charge in [-0.1, -0.05) is 30.3 Å². The molecular weight excluding hydrogens is 265 g/mol. The summed E-state index contributed by atoms with van der Waals surface area (Å²) in [5, 5.41) is 0. The van der Waals surface area contributed by atoms with Crippen molar-refractivity contribution in [1.82, 2.24) is 0 Å². The van der Waals surface area contributed by atoms with Crippen LogP contribution >= 0.6 is 0 Å². The molecule has 1 atom stereocenters. The summed E-state index contributed by atoms with van der Waals surface area (Å²) in [7, 11) is -2.71. The van der Waals surface area contributed by atoms with Gasteiger partial charge in [0.15, 0.2) is 0 Å². The van der Waals surface area contributed by atoms with Crippen molar-refractivity contribution in [1.29, 1.82) is 4.78 Å². The molecule has 0 aliphatic rings. The van der Waals surface area contributed by atoms with Crippen molar-refractivity contribution in [3.05, 3.63) is 48.5 Å². The van der Waals surface area contributed by atoms with E-state index < -0.39 is 16.6 Å². The monoisotopic (exact) mass is 279 g/mol. The number of ether oxygens (including phenoxy) is 1. The van der Waals surface area contributed by atoms with E-state index in [9.17, 15) is 8.60 Å². The minimum atomic E-state index is -2.71. The summed E-state index contributed by atoms with van der Waals surface area (Å²) in [6.07, 6.45) is 1.38. The largest absolute Gasteiger partial charge is 0.462 e. The van der Waals surface area contributed by atoms with Crippen molar-refractivity contribution >= 4 is 9.73 Å². The average Bonchev–Trinajstić information content (AvgIpc) is 2.39. The van der Waals surface area contributed by atoms with E-state index in [1.54, 1.807) is 36.4 Å². The summed E-state index contributed by atoms with van der Waals surface area (Å²) in [5.74, 6) is 0.459. The van der Waals surface area contributed by atoms with Crippen LogP contribution in [0.1, 0.15) is 0 Å². The normalized spacial score (nSPS) is 13.8. The second-order valence-electron chi connectivity index (χ2n) is 4.12. The van der Waals surface area contributed by atoms with Crippen molar-refractivity contribution in [3.8, 4) is 16.9 Å². The molecule has 0 fully saturated rings. The number of alkyl halides is 1. The SMILES string of the molecule is C[S@](=N)(=O)c1ccc(-c2ccccc2OCF)cc1. The van der Waals surface area contributed by atoms with Crippen LogP contribution < -0.4 is 4.74 Å². The van der Waals surface area contributed by atoms with E-state index in [0.717, 1.165) is 11.1 Å². The maximum atomic E-state index is 12.3. The Balaban J connectivity index is 2.43. The second kappa shape index (κ2) is 5.40. The summed E-state index contributed by atoms with van der Waals surface area (Å²) >= 11 is 0. The van der Waals surface area contributed by atoms with Gasteiger partial charge in [0.1, 0.15) is 5.75 Å². The molecule has 0 aliphatic carbocycles. The number of halogens is 1. The van der Waals surface area contributed by atoms with Gasteiger partial charge in [0.25, 0.3) is 0 Å². The smallest absolute Gasteiger partial charge is 0.228 e. The molecule has 0 amide bonds. The lowest BCUT2D eigenvalue weighted by atomic mass is 10.1. The third kappa shape index (κ3) is 3.12. The van der Waals surface area contributed by atoms with Gasteiger partial charge in [0, 0.05) is 16.7 Å². The van der Waals surface area contributed by atoms with Gasteiger partial charge in [-0.2, -0.15) is 0 Å². The zero-order valence-electron chi connectivity index (χ0n) is 10.4. The summed E-state index contributed by atoms with van der Waals surface area (Å²) in [4.78, 5) is 0.472. The Morgan fingerprint density at radius 1 is 1.16 bits per heavy atom. The molecule has 5 heteroatoms. The highest BCUT2D eigenvalue weighted by molar-refractivity contribution is 7.91. The number of hydrogen-bond acceptors (Lipinski definition) is 3. The summed E-state index contributed by atoms with van der Waals surface area (Å²) in [5.41, 5.74) is 1.59. The third-order valence-corrected chi connectivity index (χ3v) is 3.88. The fourth-order valence-electron chi connectivity index (χ4n) is 1.78. The van der Waals surface area contributed by atoms with Crippen molar-refractivity contribution in [2.75, 3.05) is 13.1 Å². The van der Waals surface area contributed by atoms with E-state index in [0.29, 0.717) is 10.6 Å². The van der Waals surface area contributed by atoms with E-state index in [4.69, 9.17) is 9.52 Å². The third-order valence-electron chi connectivity index (χ3n) is 2.71. The fraction of sp³-hybridized carbons (Fsp3) is 0.143. The zero-order valence-corrected chi connectivity index (χ0v) is 11.2. The maximum Gasteiger partial charge on any atom is 0.228 e. The summed E-state index contributed by atoms with van der Waals surface area (Å²) < 4.78 is 36.3. The molecule has 2 aromatic carbocycles. The molecule has 0 heterocycles. The van der Waals surface area contributed by atoms with Crippen LogP contribution in [-0.4, -0.2) is 17.3 Å². The van der Waals surface area contributed by atoms with Crippen LogP contribution in [0, 0.1) is 4.78 Å². The van der Waals surface area contributed by atoms with Gasteiger partial charge in [-0.15, -0.1) is 0 Å². The molecule has 19 heavy (non-hydrogen) atoms. The van der Waals surface area contributed by atoms with Gasteiger partial charge in [0.05, 0.1) is 9.73 Å². The lowest BCUT2D eigenvalue weighted by Gasteiger charge is -2.09. The molecule has 2 rings (SSSR count). The van der Waals surface area contributed by atoms with Crippen LogP contribution in [0.15, 0.2) is 53.4 Å². The Morgan fingerprint density at radius 3 is 2.37 bits per heavy atom. The summed E-state index contributed by atoms with van der Waals surface area (Å²) in [6.45, 7) is -0.884. The van der Waals surface area contributed by atoms with E-state index >= 15 is 0 Å². The van der Waals surface area contributed by atoms with Gasteiger partial charge in [-0.3, -0.25) is 0 Å². The first-order valence-corrected chi connectivity index (χ1v) is 7.61. The molecular formula is C14H14FNO2S. The first kappa shape index (κ1) is 13.5. The maximum absolute atomic E-state index is 12.3. The lowest BCUT2D eigenvalue weighted by molar-refractivity contribution is 0.192. The van der Waals surface area contributed by atoms with Crippen LogP contribution in [0.5, 0.6) is 5.75 Å². The number of hydrogen-bond donors (Lipinski definition) is 1. The Bertz CT molecular complexity index is 666. The zero-order chi connectivity index (χ0) is 13.9. The van der Waals surface area contributed by atoms with Gasteiger partial charge in [-0.05, 0) is 23.8 Å². The molecule has 1 N–H and O–H groups in total. The molecule has 0 unspecified atom stereocenters. The minimum Gasteiger partial charge on any atom is -0.462 e. The molecule has 2 aromatic rings. The van der Waals surface area contributed by atoms with Crippen molar-refractivity contribution in [3.63, 3.8) is 0 Å². The fourth-order valence-corrected chi connectivity index (χ4v) is 2.44. The van der Waals surface area contributed by atoms with Gasteiger partial charge in [0.2, 0.25) is 6.86 Å². The highest BCUT2D eigenvalue weighted by Gasteiger charge is 2.07. The Kier molecular flexibility index (Phi) is 3.85. The Labute approximate surface area is 112 Å². The molecule has 0 saturated heterocycles. The molecule has 0 bridgehead atoms. The van der Waals surface area contributed by atoms with E-state index in [1.807, 2.05) is 12.1 Å². The second-order valence-corrected chi connectivity index (χ2v) is 6.28. The van der Waals surface area contributed by atoms with Gasteiger partial charge >= 0.3 is 0 Å². The van der Waals surface area contributed by atoms with Gasteiger partial charge in [-0.25, -0.2) is 13.4 Å². The van der Waals surface area contributed by atoms with E-state index in [-0.39, 0.29) is 0 Å². The molecule has 3 nitrogen and oxygen atoms in total. The summed E-state index contributed by atoms with van der Waals surface area (Å²) in [6, 6.07) is 13.9. The quantitative estimate of drug-likeness (QED) is 0.927. The molecule has 100 valence electrons. The average molecular weight is 279 g/mol. The topological polar surface area (TPSA) is 50.2 Å². The van der Waals surface area contributed by atoms with E-state index in [1.165, 1.54) is 6.26 Å². The molecule has 0 spiro atoms. The molecule has 0 aliphatic heterocycles. The van der Waals surface area contributed by atoms with Crippen LogP contribution in [0.2, 0.25) is 0 Å². The lowest BCUT2D eigenvalue weighted by Crippen LogP contribution is -1.95. The van der Waals surface area contributed by atoms with Crippen LogP contribution in [0.25, 0.3) is 11.1 Å². The standard InChI is InChI=1S/C14H14FNO2S/c1-19(16,17)12-8-6-11(7-9-12)13-4-2-3-5-14(13)18-10-15/h2-9,16H,10H2,1H3/t19-/m0/s1. The first-order valence-electron chi connectivity index (χ1n) is 5.64. The first-order chi connectivity index (χ1) is 9.02. The highest BCUT2D eigenvalue weighted by Crippen LogP contribution is 2.30. The highest BCUT2D eigenvalue weighted by atomic mass is 32.2. The minimum absolute atomic E-state index is 0.459. The van der Waals surface area contributed by atoms with Gasteiger partial charge < -0.3 is 4.74 Å². The van der Waals surface area contributed by atoms with Crippen LogP contribution in [-0.2, 0) is 9.73 Å². The predicted octanol–water partition coefficient (Wildman–Crippen LogP) is 3.69. The van der Waals surface area contributed by atoms with Crippen molar-refractivity contribution in [2.24, 2.45) is 0 Å². The van der Waals surface area contributed by atoms with Crippen molar-refractivity contribution in [2.45, 2.75) is 4.90 Å². The number of para-hydroxylation sites is 1. The number of rotatable bonds is 4. The number of benzene rings is 2. The Morgan fingerprint density at radius 2 is 1.79 bits per heavy atom. The van der Waals surface area contributed by atoms with Crippen LogP contribution in [0.4, 0.5) is 4.39 Å². The molecule has 0 saturated carbocycles. The van der Waals surface area contributed by atoms with Crippen molar-refractivity contribution < 1.29 is 13.3 Å². The van der Waals surface area contributed by atoms with E-state index in [2.05, 4.69) is 0 Å². The Hall–Kier alpha value is -1.88. The predicted molar refractivity (Wildman–Crippen MR) is 73.5 cm³/mol. The molecule has 0 radical (unpaired) electrons. The molecule has 0 aromatic heterocycles.